The van der Waals surface area contributed by atoms with Gasteiger partial charge >= 0.3 is 0 Å². The van der Waals surface area contributed by atoms with Gasteiger partial charge in [-0.25, -0.2) is 0 Å². The van der Waals surface area contributed by atoms with Crippen molar-refractivity contribution in [1.82, 2.24) is 5.32 Å². The van der Waals surface area contributed by atoms with Crippen LogP contribution in [0.5, 0.6) is 0 Å². The summed E-state index contributed by atoms with van der Waals surface area (Å²) in [6, 6.07) is 34.0. The summed E-state index contributed by atoms with van der Waals surface area (Å²) in [6.45, 7) is 0. The van der Waals surface area contributed by atoms with Gasteiger partial charge in [0, 0.05) is 12.1 Å². The van der Waals surface area contributed by atoms with Crippen LogP contribution < -0.4 is 5.32 Å². The predicted octanol–water partition coefficient (Wildman–Crippen LogP) is 5.83. The number of rotatable bonds is 3. The Morgan fingerprint density at radius 3 is 1.59 bits per heavy atom. The summed E-state index contributed by atoms with van der Waals surface area (Å²) in [5.74, 6) is 0. The van der Waals surface area contributed by atoms with Crippen molar-refractivity contribution in [2.75, 3.05) is 0 Å². The van der Waals surface area contributed by atoms with Crippen molar-refractivity contribution >= 4 is 5.57 Å². The number of nitrogens with one attached hydrogen (secondary N) is 1. The smallest absolute Gasteiger partial charge is 0.0997 e. The van der Waals surface area contributed by atoms with Crippen molar-refractivity contribution in [3.05, 3.63) is 113 Å². The van der Waals surface area contributed by atoms with E-state index in [0.29, 0.717) is 0 Å². The first-order valence-electron chi connectivity index (χ1n) is 9.38. The number of benzene rings is 3. The van der Waals surface area contributed by atoms with Crippen molar-refractivity contribution in [2.24, 2.45) is 0 Å². The van der Waals surface area contributed by atoms with Crippen LogP contribution >= 0.6 is 0 Å². The minimum absolute atomic E-state index is 0.201. The van der Waals surface area contributed by atoms with Gasteiger partial charge in [0.1, 0.15) is 0 Å². The molecule has 1 heterocycles. The highest BCUT2D eigenvalue weighted by Gasteiger charge is 2.28. The molecule has 1 N–H and O–H groups in total. The van der Waals surface area contributed by atoms with Crippen molar-refractivity contribution in [3.63, 3.8) is 0 Å². The second-order valence-electron chi connectivity index (χ2n) is 6.96. The molecule has 4 rings (SSSR count). The molecule has 3 aromatic rings. The Labute approximate surface area is 160 Å². The average Bonchev–Trinajstić information content (AvgIpc) is 2.76. The molecule has 0 bridgehead atoms. The maximum Gasteiger partial charge on any atom is 0.0997 e. The van der Waals surface area contributed by atoms with Gasteiger partial charge in [-0.15, -0.1) is 0 Å². The summed E-state index contributed by atoms with van der Waals surface area (Å²) in [7, 11) is 0. The fourth-order valence-corrected chi connectivity index (χ4v) is 3.89. The van der Waals surface area contributed by atoms with E-state index in [4.69, 9.17) is 0 Å². The molecule has 1 aliphatic rings. The van der Waals surface area contributed by atoms with E-state index in [-0.39, 0.29) is 12.1 Å². The lowest BCUT2D eigenvalue weighted by molar-refractivity contribution is 0.389. The van der Waals surface area contributed by atoms with Gasteiger partial charge in [-0.1, -0.05) is 91.0 Å². The molecule has 1 aliphatic heterocycles. The van der Waals surface area contributed by atoms with E-state index in [9.17, 15) is 5.26 Å². The molecular weight excluding hydrogens is 328 g/mol. The lowest BCUT2D eigenvalue weighted by Crippen LogP contribution is -2.32. The maximum absolute atomic E-state index is 9.92. The summed E-state index contributed by atoms with van der Waals surface area (Å²) in [5.41, 5.74) is 5.58. The van der Waals surface area contributed by atoms with Gasteiger partial charge in [0.2, 0.25) is 0 Å². The number of nitriles is 1. The molecule has 3 aromatic carbocycles. The summed E-state index contributed by atoms with van der Waals surface area (Å²) >= 11 is 0. The first-order valence-corrected chi connectivity index (χ1v) is 9.38. The van der Waals surface area contributed by atoms with Gasteiger partial charge in [0.15, 0.2) is 0 Å². The highest BCUT2D eigenvalue weighted by molar-refractivity contribution is 5.79. The van der Waals surface area contributed by atoms with Crippen molar-refractivity contribution in [1.29, 1.82) is 5.26 Å². The molecule has 0 radical (unpaired) electrons. The standard InChI is InChI=1S/C25H22N2/c26-18-23(19-10-4-1-5-11-19)22-16-24(20-12-6-2-7-13-20)27-25(17-22)21-14-8-3-9-15-21/h1-15,24-25,27H,16-17H2. The van der Waals surface area contributed by atoms with Crippen LogP contribution in [0.15, 0.2) is 96.6 Å². The van der Waals surface area contributed by atoms with Gasteiger partial charge in [-0.05, 0) is 35.1 Å². The Balaban J connectivity index is 1.77. The minimum atomic E-state index is 0.201. The molecule has 0 spiro atoms. The Bertz CT molecular complexity index is 904. The molecule has 0 aromatic heterocycles. The Kier molecular flexibility index (Phi) is 5.14. The number of hydrogen-bond donors (Lipinski definition) is 1. The van der Waals surface area contributed by atoms with Crippen LogP contribution in [0.25, 0.3) is 5.57 Å². The minimum Gasteiger partial charge on any atom is -0.302 e. The zero-order valence-electron chi connectivity index (χ0n) is 15.2. The van der Waals surface area contributed by atoms with E-state index < -0.39 is 0 Å². The maximum atomic E-state index is 9.92. The van der Waals surface area contributed by atoms with Crippen LogP contribution in [0.4, 0.5) is 0 Å². The fourth-order valence-electron chi connectivity index (χ4n) is 3.89. The molecule has 0 saturated carbocycles. The first-order chi connectivity index (χ1) is 13.3. The monoisotopic (exact) mass is 350 g/mol. The van der Waals surface area contributed by atoms with E-state index in [1.54, 1.807) is 0 Å². The Morgan fingerprint density at radius 1 is 0.704 bits per heavy atom. The lowest BCUT2D eigenvalue weighted by atomic mass is 9.83. The summed E-state index contributed by atoms with van der Waals surface area (Å²) in [6.07, 6.45) is 1.70. The van der Waals surface area contributed by atoms with Crippen molar-refractivity contribution in [3.8, 4) is 6.07 Å². The zero-order valence-corrected chi connectivity index (χ0v) is 15.2. The molecule has 1 saturated heterocycles. The van der Waals surface area contributed by atoms with E-state index in [2.05, 4.69) is 59.9 Å². The average molecular weight is 350 g/mol. The molecule has 2 heteroatoms. The van der Waals surface area contributed by atoms with Gasteiger partial charge in [0.05, 0.1) is 11.6 Å². The molecule has 1 fully saturated rings. The fraction of sp³-hybridized carbons (Fsp3) is 0.160. The number of nitrogens with zero attached hydrogens (tertiary/aromatic N) is 1. The second kappa shape index (κ2) is 8.03. The summed E-state index contributed by atoms with van der Waals surface area (Å²) < 4.78 is 0. The highest BCUT2D eigenvalue weighted by Crippen LogP contribution is 2.39. The quantitative estimate of drug-likeness (QED) is 0.603. The predicted molar refractivity (Wildman–Crippen MR) is 110 cm³/mol. The third-order valence-electron chi connectivity index (χ3n) is 5.24. The molecule has 132 valence electrons. The largest absolute Gasteiger partial charge is 0.302 e. The summed E-state index contributed by atoms with van der Waals surface area (Å²) in [5, 5.41) is 13.7. The van der Waals surface area contributed by atoms with Crippen LogP contribution in [0.3, 0.4) is 0 Å². The van der Waals surface area contributed by atoms with E-state index >= 15 is 0 Å². The normalized spacial score (nSPS) is 19.3. The number of piperidine rings is 1. The second-order valence-corrected chi connectivity index (χ2v) is 6.96. The number of hydrogen-bond acceptors (Lipinski definition) is 2. The van der Waals surface area contributed by atoms with E-state index in [1.807, 2.05) is 42.5 Å². The molecule has 0 amide bonds. The molecule has 2 nitrogen and oxygen atoms in total. The highest BCUT2D eigenvalue weighted by atomic mass is 15.0. The van der Waals surface area contributed by atoms with Crippen LogP contribution in [-0.2, 0) is 0 Å². The van der Waals surface area contributed by atoms with Crippen LogP contribution in [-0.4, -0.2) is 0 Å². The van der Waals surface area contributed by atoms with Gasteiger partial charge < -0.3 is 5.32 Å². The molecule has 2 atom stereocenters. The van der Waals surface area contributed by atoms with E-state index in [0.717, 1.165) is 24.0 Å². The van der Waals surface area contributed by atoms with E-state index in [1.165, 1.54) is 16.7 Å². The van der Waals surface area contributed by atoms with Gasteiger partial charge in [-0.3, -0.25) is 0 Å². The number of allylic oxidation sites excluding steroid dienone is 1. The lowest BCUT2D eigenvalue weighted by Gasteiger charge is -2.34. The Morgan fingerprint density at radius 2 is 1.15 bits per heavy atom. The molecule has 0 aliphatic carbocycles. The molecule has 27 heavy (non-hydrogen) atoms. The Hall–Kier alpha value is -3.15. The molecule has 2 unspecified atom stereocenters. The van der Waals surface area contributed by atoms with Crippen LogP contribution in [0.1, 0.15) is 41.6 Å². The SMILES string of the molecule is N#CC(=C1CC(c2ccccc2)NC(c2ccccc2)C1)c1ccccc1. The topological polar surface area (TPSA) is 35.8 Å². The van der Waals surface area contributed by atoms with Gasteiger partial charge in [0.25, 0.3) is 0 Å². The first kappa shape index (κ1) is 17.3. The summed E-state index contributed by atoms with van der Waals surface area (Å²) in [4.78, 5) is 0. The van der Waals surface area contributed by atoms with Crippen molar-refractivity contribution in [2.45, 2.75) is 24.9 Å². The van der Waals surface area contributed by atoms with Gasteiger partial charge in [-0.2, -0.15) is 5.26 Å². The van der Waals surface area contributed by atoms with Crippen molar-refractivity contribution < 1.29 is 0 Å². The third-order valence-corrected chi connectivity index (χ3v) is 5.24. The van der Waals surface area contributed by atoms with Crippen LogP contribution in [0.2, 0.25) is 0 Å². The zero-order chi connectivity index (χ0) is 18.5. The van der Waals surface area contributed by atoms with Crippen LogP contribution in [0, 0.1) is 11.3 Å². The third kappa shape index (κ3) is 3.84. The molecular formula is C25H22N2.